The second-order valence-electron chi connectivity index (χ2n) is 8.53. The van der Waals surface area contributed by atoms with Crippen LogP contribution in [0.15, 0.2) is 66.7 Å². The van der Waals surface area contributed by atoms with Crippen LogP contribution >= 0.6 is 0 Å². The third-order valence-corrected chi connectivity index (χ3v) is 5.28. The number of nitrogens with one attached hydrogen (secondary N) is 2. The SMILES string of the molecule is CCCN(C)CCC.Cc1cc(Nc2cc(C)[nH]n2)nc(-c2ccc(-c3ccccc3)cc2)n1. The predicted octanol–water partition coefficient (Wildman–Crippen LogP) is 6.63. The van der Waals surface area contributed by atoms with Crippen molar-refractivity contribution in [2.45, 2.75) is 40.5 Å². The Morgan fingerprint density at radius 3 is 1.97 bits per heavy atom. The third-order valence-electron chi connectivity index (χ3n) is 5.28. The molecule has 0 aliphatic rings. The standard InChI is InChI=1S/C21H19N5.C7H17N/c1-14-12-19(23-20-13-15(2)25-26-20)24-21(22-14)18-10-8-17(9-11-18)16-6-4-3-5-7-16;1-4-6-8(3)7-5-2/h3-13H,1-2H3,(H2,22,23,24,25,26);4-7H2,1-3H3. The lowest BCUT2D eigenvalue weighted by Gasteiger charge is -2.12. The fraction of sp³-hybridized carbons (Fsp3) is 0.321. The number of anilines is 2. The van der Waals surface area contributed by atoms with Crippen LogP contribution in [-0.4, -0.2) is 45.2 Å². The molecule has 2 aromatic heterocycles. The van der Waals surface area contributed by atoms with Crippen LogP contribution in [0, 0.1) is 13.8 Å². The Morgan fingerprint density at radius 1 is 0.765 bits per heavy atom. The van der Waals surface area contributed by atoms with E-state index in [0.717, 1.165) is 28.6 Å². The molecule has 34 heavy (non-hydrogen) atoms. The fourth-order valence-electron chi connectivity index (χ4n) is 3.69. The van der Waals surface area contributed by atoms with Crippen molar-refractivity contribution in [3.8, 4) is 22.5 Å². The van der Waals surface area contributed by atoms with E-state index in [1.807, 2.05) is 44.2 Å². The monoisotopic (exact) mass is 456 g/mol. The van der Waals surface area contributed by atoms with Crippen LogP contribution in [0.4, 0.5) is 11.6 Å². The summed E-state index contributed by atoms with van der Waals surface area (Å²) in [6.07, 6.45) is 2.55. The van der Waals surface area contributed by atoms with Gasteiger partial charge >= 0.3 is 0 Å². The normalized spacial score (nSPS) is 10.6. The largest absolute Gasteiger partial charge is 0.323 e. The van der Waals surface area contributed by atoms with Crippen molar-refractivity contribution < 1.29 is 0 Å². The minimum absolute atomic E-state index is 0.694. The first-order chi connectivity index (χ1) is 16.5. The van der Waals surface area contributed by atoms with Crippen LogP contribution in [0.1, 0.15) is 38.1 Å². The second kappa shape index (κ2) is 12.7. The van der Waals surface area contributed by atoms with Gasteiger partial charge in [0.05, 0.1) is 0 Å². The van der Waals surface area contributed by atoms with Gasteiger partial charge in [-0.25, -0.2) is 9.97 Å². The van der Waals surface area contributed by atoms with Gasteiger partial charge in [-0.05, 0) is 58.0 Å². The van der Waals surface area contributed by atoms with Crippen molar-refractivity contribution in [1.82, 2.24) is 25.1 Å². The average molecular weight is 457 g/mol. The van der Waals surface area contributed by atoms with E-state index in [9.17, 15) is 0 Å². The lowest BCUT2D eigenvalue weighted by Crippen LogP contribution is -2.19. The zero-order valence-corrected chi connectivity index (χ0v) is 21.0. The van der Waals surface area contributed by atoms with Crippen molar-refractivity contribution in [2.75, 3.05) is 25.5 Å². The zero-order chi connectivity index (χ0) is 24.3. The predicted molar refractivity (Wildman–Crippen MR) is 142 cm³/mol. The number of rotatable bonds is 8. The van der Waals surface area contributed by atoms with Gasteiger partial charge in [-0.3, -0.25) is 5.10 Å². The molecule has 0 radical (unpaired) electrons. The quantitative estimate of drug-likeness (QED) is 0.311. The summed E-state index contributed by atoms with van der Waals surface area (Å²) in [5, 5.41) is 10.3. The van der Waals surface area contributed by atoms with Gasteiger partial charge in [-0.1, -0.05) is 68.4 Å². The Hall–Kier alpha value is -3.51. The molecule has 4 aromatic rings. The number of hydrogen-bond acceptors (Lipinski definition) is 5. The number of benzene rings is 2. The molecule has 2 N–H and O–H groups in total. The van der Waals surface area contributed by atoms with Crippen LogP contribution in [0.5, 0.6) is 0 Å². The number of hydrogen-bond donors (Lipinski definition) is 2. The molecular weight excluding hydrogens is 420 g/mol. The van der Waals surface area contributed by atoms with Crippen molar-refractivity contribution >= 4 is 11.6 Å². The summed E-state index contributed by atoms with van der Waals surface area (Å²) in [5.74, 6) is 2.16. The van der Waals surface area contributed by atoms with Crippen LogP contribution in [0.25, 0.3) is 22.5 Å². The van der Waals surface area contributed by atoms with Crippen LogP contribution in [0.3, 0.4) is 0 Å². The molecule has 0 aliphatic heterocycles. The van der Waals surface area contributed by atoms with Gasteiger partial charge in [0, 0.05) is 29.1 Å². The van der Waals surface area contributed by atoms with E-state index in [1.54, 1.807) is 0 Å². The molecule has 0 saturated carbocycles. The Labute approximate surface area is 203 Å². The Morgan fingerprint density at radius 2 is 1.38 bits per heavy atom. The fourth-order valence-corrected chi connectivity index (χ4v) is 3.69. The number of aryl methyl sites for hydroxylation is 2. The highest BCUT2D eigenvalue weighted by Gasteiger charge is 2.07. The third kappa shape index (κ3) is 7.52. The molecule has 0 unspecified atom stereocenters. The van der Waals surface area contributed by atoms with Gasteiger partial charge in [0.15, 0.2) is 11.6 Å². The summed E-state index contributed by atoms with van der Waals surface area (Å²) >= 11 is 0. The van der Waals surface area contributed by atoms with E-state index in [1.165, 1.54) is 37.1 Å². The Bertz CT molecular complexity index is 1130. The van der Waals surface area contributed by atoms with E-state index in [4.69, 9.17) is 0 Å². The van der Waals surface area contributed by atoms with E-state index in [0.29, 0.717) is 5.82 Å². The molecule has 0 atom stereocenters. The van der Waals surface area contributed by atoms with Gasteiger partial charge in [0.1, 0.15) is 5.82 Å². The molecule has 6 nitrogen and oxygen atoms in total. The molecule has 0 aliphatic carbocycles. The maximum absolute atomic E-state index is 4.63. The highest BCUT2D eigenvalue weighted by Crippen LogP contribution is 2.24. The molecule has 0 fully saturated rings. The molecule has 0 bridgehead atoms. The van der Waals surface area contributed by atoms with Crippen molar-refractivity contribution in [2.24, 2.45) is 0 Å². The highest BCUT2D eigenvalue weighted by atomic mass is 15.2. The van der Waals surface area contributed by atoms with E-state index in [-0.39, 0.29) is 0 Å². The lowest BCUT2D eigenvalue weighted by atomic mass is 10.0. The summed E-state index contributed by atoms with van der Waals surface area (Å²) in [7, 11) is 2.17. The molecular formula is C28H36N6. The number of H-pyrrole nitrogens is 1. The average Bonchev–Trinajstić information content (AvgIpc) is 3.24. The van der Waals surface area contributed by atoms with Gasteiger partial charge in [-0.15, -0.1) is 0 Å². The summed E-state index contributed by atoms with van der Waals surface area (Å²) in [6.45, 7) is 10.8. The maximum atomic E-state index is 4.63. The lowest BCUT2D eigenvalue weighted by molar-refractivity contribution is 0.335. The minimum Gasteiger partial charge on any atom is -0.323 e. The molecule has 6 heteroatoms. The van der Waals surface area contributed by atoms with Crippen LogP contribution in [-0.2, 0) is 0 Å². The molecule has 0 amide bonds. The van der Waals surface area contributed by atoms with Gasteiger partial charge in [0.25, 0.3) is 0 Å². The molecule has 4 rings (SSSR count). The van der Waals surface area contributed by atoms with Crippen molar-refractivity contribution in [3.63, 3.8) is 0 Å². The molecule has 0 spiro atoms. The molecule has 0 saturated heterocycles. The first kappa shape index (κ1) is 25.1. The van der Waals surface area contributed by atoms with Gasteiger partial charge in [-0.2, -0.15) is 5.10 Å². The van der Waals surface area contributed by atoms with Crippen LogP contribution in [0.2, 0.25) is 0 Å². The van der Waals surface area contributed by atoms with Crippen molar-refractivity contribution in [1.29, 1.82) is 0 Å². The maximum Gasteiger partial charge on any atom is 0.161 e. The van der Waals surface area contributed by atoms with Crippen molar-refractivity contribution in [3.05, 3.63) is 78.1 Å². The van der Waals surface area contributed by atoms with E-state index >= 15 is 0 Å². The molecule has 2 aromatic carbocycles. The number of nitrogens with zero attached hydrogens (tertiary/aromatic N) is 4. The van der Waals surface area contributed by atoms with E-state index < -0.39 is 0 Å². The summed E-state index contributed by atoms with van der Waals surface area (Å²) < 4.78 is 0. The van der Waals surface area contributed by atoms with Crippen LogP contribution < -0.4 is 5.32 Å². The number of aromatic amines is 1. The highest BCUT2D eigenvalue weighted by molar-refractivity contribution is 5.68. The summed E-state index contributed by atoms with van der Waals surface area (Å²) in [6, 6.07) is 22.5. The summed E-state index contributed by atoms with van der Waals surface area (Å²) in [5.41, 5.74) is 5.24. The Balaban J connectivity index is 0.000000350. The Kier molecular flexibility index (Phi) is 9.35. The second-order valence-corrected chi connectivity index (χ2v) is 8.53. The summed E-state index contributed by atoms with van der Waals surface area (Å²) in [4.78, 5) is 11.6. The first-order valence-electron chi connectivity index (χ1n) is 12.0. The van der Waals surface area contributed by atoms with Gasteiger partial charge < -0.3 is 10.2 Å². The zero-order valence-electron chi connectivity index (χ0n) is 21.0. The topological polar surface area (TPSA) is 69.7 Å². The molecule has 2 heterocycles. The minimum atomic E-state index is 0.694. The van der Waals surface area contributed by atoms with E-state index in [2.05, 4.69) is 87.7 Å². The first-order valence-corrected chi connectivity index (χ1v) is 12.0. The smallest absolute Gasteiger partial charge is 0.161 e. The number of aromatic nitrogens is 4. The van der Waals surface area contributed by atoms with Gasteiger partial charge in [0.2, 0.25) is 0 Å². The molecule has 178 valence electrons.